The quantitative estimate of drug-likeness (QED) is 0.173. The first-order valence-electron chi connectivity index (χ1n) is 22.0. The third kappa shape index (κ3) is 5.56. The molecule has 0 bridgehead atoms. The number of rotatable bonds is 5. The molecular formula is C60H35N3OS. The minimum absolute atomic E-state index is 0.671. The van der Waals surface area contributed by atoms with Crippen LogP contribution in [-0.2, 0) is 0 Å². The molecule has 0 saturated heterocycles. The lowest BCUT2D eigenvalue weighted by molar-refractivity contribution is 0.669. The number of furan rings is 1. The van der Waals surface area contributed by atoms with E-state index in [-0.39, 0.29) is 0 Å². The van der Waals surface area contributed by atoms with Gasteiger partial charge in [0.15, 0.2) is 5.82 Å². The van der Waals surface area contributed by atoms with Gasteiger partial charge in [-0.2, -0.15) is 0 Å². The summed E-state index contributed by atoms with van der Waals surface area (Å²) < 4.78 is 11.6. The van der Waals surface area contributed by atoms with Crippen LogP contribution in [0.2, 0.25) is 0 Å². The maximum Gasteiger partial charge on any atom is 0.160 e. The van der Waals surface area contributed by atoms with Crippen LogP contribution < -0.4 is 0 Å². The van der Waals surface area contributed by atoms with Gasteiger partial charge in [0.05, 0.1) is 26.9 Å². The highest BCUT2D eigenvalue weighted by Crippen LogP contribution is 2.45. The number of thiophene rings is 1. The monoisotopic (exact) mass is 845 g/mol. The van der Waals surface area contributed by atoms with Gasteiger partial charge in [-0.1, -0.05) is 164 Å². The molecule has 14 rings (SSSR count). The number of hydrogen-bond donors (Lipinski definition) is 0. The zero-order valence-electron chi connectivity index (χ0n) is 34.9. The highest BCUT2D eigenvalue weighted by molar-refractivity contribution is 7.26. The summed E-state index contributed by atoms with van der Waals surface area (Å²) in [5.74, 6) is 0.671. The Hall–Kier alpha value is -8.38. The topological polar surface area (TPSA) is 43.9 Å². The molecular weight excluding hydrogens is 811 g/mol. The van der Waals surface area contributed by atoms with Crippen LogP contribution in [0.5, 0.6) is 0 Å². The fraction of sp³-hybridized carbons (Fsp3) is 0. The second-order valence-electron chi connectivity index (χ2n) is 16.9. The highest BCUT2D eigenvalue weighted by atomic mass is 32.1. The maximum absolute atomic E-state index is 6.86. The van der Waals surface area contributed by atoms with Crippen molar-refractivity contribution in [1.82, 2.24) is 14.5 Å². The van der Waals surface area contributed by atoms with Crippen molar-refractivity contribution in [3.05, 3.63) is 212 Å². The SMILES string of the molecule is c1ccc(-c2ccc(-c3nc(-c4ccc5c(c4)oc4cc(-n6c7ccc8ccccc8c7c7c8ccccc8c(-c8ccccc8)cc76)ccc45)nc4c3sc3ccccc34)cc2)cc1. The Kier molecular flexibility index (Phi) is 7.82. The standard InChI is InChI=1S/C60H35N3OS/c1-3-13-36(14-4-1)37-23-25-40(26-24-37)57-59-58(48-21-11-12-22-54(48)65-59)62-60(61-57)41-27-30-45-46-31-29-42(34-53(46)64-52(45)33-41)63-50-32-28-39-17-7-8-18-43(39)55(50)56-47-20-10-9-19-44(47)49(35-51(56)63)38-15-5-2-6-16-38/h1-35H. The van der Waals surface area contributed by atoms with Crippen LogP contribution >= 0.6 is 11.3 Å². The van der Waals surface area contributed by atoms with Crippen LogP contribution in [0.3, 0.4) is 0 Å². The van der Waals surface area contributed by atoms with E-state index in [1.165, 1.54) is 59.3 Å². The molecule has 0 aliphatic carbocycles. The lowest BCUT2D eigenvalue weighted by Crippen LogP contribution is -1.94. The zero-order valence-corrected chi connectivity index (χ0v) is 35.7. The average Bonchev–Trinajstić information content (AvgIpc) is 4.05. The third-order valence-corrected chi connectivity index (χ3v) is 14.4. The van der Waals surface area contributed by atoms with Crippen LogP contribution in [0.15, 0.2) is 217 Å². The van der Waals surface area contributed by atoms with Crippen LogP contribution in [-0.4, -0.2) is 14.5 Å². The summed E-state index contributed by atoms with van der Waals surface area (Å²) in [6, 6.07) is 76.1. The summed E-state index contributed by atoms with van der Waals surface area (Å²) in [5, 5.41) is 10.7. The van der Waals surface area contributed by atoms with E-state index >= 15 is 0 Å². The first-order chi connectivity index (χ1) is 32.2. The fourth-order valence-electron chi connectivity index (χ4n) is 10.2. The van der Waals surface area contributed by atoms with E-state index in [9.17, 15) is 0 Å². The number of benzene rings is 10. The molecule has 5 heteroatoms. The van der Waals surface area contributed by atoms with E-state index in [2.05, 4.69) is 217 Å². The Morgan fingerprint density at radius 1 is 0.400 bits per heavy atom. The molecule has 0 saturated carbocycles. The maximum atomic E-state index is 6.86. The van der Waals surface area contributed by atoms with Crippen LogP contribution in [0.4, 0.5) is 0 Å². The summed E-state index contributed by atoms with van der Waals surface area (Å²) in [5.41, 5.74) is 13.6. The van der Waals surface area contributed by atoms with E-state index in [1.807, 2.05) is 0 Å². The molecule has 0 fully saturated rings. The average molecular weight is 846 g/mol. The minimum Gasteiger partial charge on any atom is -0.456 e. The van der Waals surface area contributed by atoms with Crippen molar-refractivity contribution in [2.75, 3.05) is 0 Å². The third-order valence-electron chi connectivity index (χ3n) is 13.2. The smallest absolute Gasteiger partial charge is 0.160 e. The molecule has 65 heavy (non-hydrogen) atoms. The Morgan fingerprint density at radius 2 is 1.02 bits per heavy atom. The van der Waals surface area contributed by atoms with Gasteiger partial charge in [0.2, 0.25) is 0 Å². The second-order valence-corrected chi connectivity index (χ2v) is 17.9. The predicted molar refractivity (Wildman–Crippen MR) is 273 cm³/mol. The van der Waals surface area contributed by atoms with E-state index < -0.39 is 0 Å². The van der Waals surface area contributed by atoms with Crippen molar-refractivity contribution >= 4 is 96.9 Å². The van der Waals surface area contributed by atoms with Gasteiger partial charge in [0.1, 0.15) is 11.2 Å². The van der Waals surface area contributed by atoms with Crippen LogP contribution in [0.25, 0.3) is 136 Å². The predicted octanol–water partition coefficient (Wildman–Crippen LogP) is 16.8. The Balaban J connectivity index is 0.949. The van der Waals surface area contributed by atoms with Crippen molar-refractivity contribution < 1.29 is 4.42 Å². The first-order valence-corrected chi connectivity index (χ1v) is 22.8. The summed E-state index contributed by atoms with van der Waals surface area (Å²) in [4.78, 5) is 10.6. The van der Waals surface area contributed by atoms with Gasteiger partial charge in [-0.05, 0) is 86.3 Å². The van der Waals surface area contributed by atoms with Crippen molar-refractivity contribution in [3.8, 4) is 50.6 Å². The minimum atomic E-state index is 0.671. The molecule has 0 spiro atoms. The number of fused-ring (bicyclic) bond motifs is 13. The molecule has 0 radical (unpaired) electrons. The van der Waals surface area contributed by atoms with Crippen molar-refractivity contribution in [2.24, 2.45) is 0 Å². The largest absolute Gasteiger partial charge is 0.456 e. The van der Waals surface area contributed by atoms with E-state index in [1.54, 1.807) is 11.3 Å². The normalized spacial score (nSPS) is 12.0. The number of hydrogen-bond acceptors (Lipinski definition) is 4. The first kappa shape index (κ1) is 36.1. The highest BCUT2D eigenvalue weighted by Gasteiger charge is 2.22. The molecule has 4 aromatic heterocycles. The van der Waals surface area contributed by atoms with Gasteiger partial charge in [-0.25, -0.2) is 9.97 Å². The molecule has 14 aromatic rings. The van der Waals surface area contributed by atoms with Crippen LogP contribution in [0, 0.1) is 0 Å². The van der Waals surface area contributed by atoms with E-state index in [0.29, 0.717) is 5.82 Å². The molecule has 0 amide bonds. The van der Waals surface area contributed by atoms with Gasteiger partial charge in [0, 0.05) is 54.5 Å². The lowest BCUT2D eigenvalue weighted by atomic mass is 9.94. The molecule has 0 aliphatic heterocycles. The van der Waals surface area contributed by atoms with Gasteiger partial charge in [-0.3, -0.25) is 0 Å². The Morgan fingerprint density at radius 3 is 1.83 bits per heavy atom. The van der Waals surface area contributed by atoms with Crippen molar-refractivity contribution in [1.29, 1.82) is 0 Å². The molecule has 4 nitrogen and oxygen atoms in total. The van der Waals surface area contributed by atoms with Crippen molar-refractivity contribution in [2.45, 2.75) is 0 Å². The molecule has 10 aromatic carbocycles. The lowest BCUT2D eigenvalue weighted by Gasteiger charge is -2.12. The summed E-state index contributed by atoms with van der Waals surface area (Å²) >= 11 is 1.75. The van der Waals surface area contributed by atoms with Gasteiger partial charge in [-0.15, -0.1) is 11.3 Å². The van der Waals surface area contributed by atoms with Gasteiger partial charge < -0.3 is 8.98 Å². The Labute approximate surface area is 376 Å². The molecule has 0 unspecified atom stereocenters. The van der Waals surface area contributed by atoms with E-state index in [0.717, 1.165) is 71.1 Å². The van der Waals surface area contributed by atoms with Gasteiger partial charge in [0.25, 0.3) is 0 Å². The van der Waals surface area contributed by atoms with Gasteiger partial charge >= 0.3 is 0 Å². The van der Waals surface area contributed by atoms with E-state index in [4.69, 9.17) is 14.4 Å². The number of aromatic nitrogens is 3. The summed E-state index contributed by atoms with van der Waals surface area (Å²) in [6.45, 7) is 0. The second kappa shape index (κ2) is 14.1. The van der Waals surface area contributed by atoms with Crippen LogP contribution in [0.1, 0.15) is 0 Å². The molecule has 0 atom stereocenters. The Bertz CT molecular complexity index is 4220. The number of nitrogens with zero attached hydrogens (tertiary/aromatic N) is 3. The molecule has 0 N–H and O–H groups in total. The molecule has 302 valence electrons. The zero-order chi connectivity index (χ0) is 42.6. The van der Waals surface area contributed by atoms with Crippen molar-refractivity contribution in [3.63, 3.8) is 0 Å². The summed E-state index contributed by atoms with van der Waals surface area (Å²) in [6.07, 6.45) is 0. The fourth-order valence-corrected chi connectivity index (χ4v) is 11.3. The summed E-state index contributed by atoms with van der Waals surface area (Å²) in [7, 11) is 0. The molecule has 0 aliphatic rings. The molecule has 4 heterocycles.